The summed E-state index contributed by atoms with van der Waals surface area (Å²) in [4.78, 5) is 81.7. The van der Waals surface area contributed by atoms with Gasteiger partial charge in [-0.1, -0.05) is 62.4 Å². The lowest BCUT2D eigenvalue weighted by molar-refractivity contribution is -0.142. The van der Waals surface area contributed by atoms with Crippen molar-refractivity contribution in [3.8, 4) is 0 Å². The Morgan fingerprint density at radius 2 is 1.30 bits per heavy atom. The van der Waals surface area contributed by atoms with Crippen molar-refractivity contribution in [1.29, 1.82) is 0 Å². The SMILES string of the molecule is CC(NC(=O)C(Cc1ccccc1)NC(=O)c1ccccc1)C(=O)NC(C(=O)C(=O)NCC(=O)N1CCN(C(C)C)CC1)C(C)C. The molecular formula is C34H46N6O6. The predicted molar refractivity (Wildman–Crippen MR) is 174 cm³/mol. The lowest BCUT2D eigenvalue weighted by atomic mass is 9.98. The maximum Gasteiger partial charge on any atom is 0.290 e. The lowest BCUT2D eigenvalue weighted by Gasteiger charge is -2.37. The summed E-state index contributed by atoms with van der Waals surface area (Å²) >= 11 is 0. The Balaban J connectivity index is 1.58. The minimum absolute atomic E-state index is 0.180. The summed E-state index contributed by atoms with van der Waals surface area (Å²) in [5.74, 6) is -4.32. The fourth-order valence-electron chi connectivity index (χ4n) is 5.07. The Kier molecular flexibility index (Phi) is 13.4. The number of rotatable bonds is 14. The molecule has 0 spiro atoms. The van der Waals surface area contributed by atoms with E-state index in [-0.39, 0.29) is 18.9 Å². The highest BCUT2D eigenvalue weighted by Crippen LogP contribution is 2.09. The Morgan fingerprint density at radius 1 is 0.717 bits per heavy atom. The van der Waals surface area contributed by atoms with E-state index in [1.54, 1.807) is 49.1 Å². The van der Waals surface area contributed by atoms with Gasteiger partial charge in [-0.2, -0.15) is 0 Å². The molecular weight excluding hydrogens is 588 g/mol. The molecule has 46 heavy (non-hydrogen) atoms. The molecule has 1 aliphatic heterocycles. The number of Topliss-reactive ketones (excluding diaryl/α,β-unsaturated/α-hetero) is 1. The second-order valence-electron chi connectivity index (χ2n) is 12.1. The molecule has 0 bridgehead atoms. The number of nitrogens with one attached hydrogen (secondary N) is 4. The van der Waals surface area contributed by atoms with E-state index < -0.39 is 53.5 Å². The van der Waals surface area contributed by atoms with Crippen molar-refractivity contribution < 1.29 is 28.8 Å². The molecule has 1 heterocycles. The summed E-state index contributed by atoms with van der Waals surface area (Å²) in [6.45, 7) is 11.2. The zero-order chi connectivity index (χ0) is 33.8. The molecule has 0 saturated carbocycles. The first kappa shape index (κ1) is 35.9. The normalized spacial score (nSPS) is 15.4. The number of ketones is 1. The third-order valence-corrected chi connectivity index (χ3v) is 7.96. The fourth-order valence-corrected chi connectivity index (χ4v) is 5.07. The first-order chi connectivity index (χ1) is 21.9. The van der Waals surface area contributed by atoms with Crippen molar-refractivity contribution in [3.63, 3.8) is 0 Å². The molecule has 12 nitrogen and oxygen atoms in total. The smallest absolute Gasteiger partial charge is 0.290 e. The van der Waals surface area contributed by atoms with Gasteiger partial charge in [0.2, 0.25) is 23.5 Å². The largest absolute Gasteiger partial charge is 0.344 e. The van der Waals surface area contributed by atoms with Gasteiger partial charge in [0.05, 0.1) is 12.6 Å². The molecule has 1 aliphatic rings. The van der Waals surface area contributed by atoms with Crippen LogP contribution in [0.5, 0.6) is 0 Å². The topological polar surface area (TPSA) is 157 Å². The fraction of sp³-hybridized carbons (Fsp3) is 0.471. The maximum atomic E-state index is 13.3. The molecule has 3 rings (SSSR count). The molecule has 2 aromatic carbocycles. The van der Waals surface area contributed by atoms with Crippen molar-refractivity contribution in [2.45, 2.75) is 65.2 Å². The summed E-state index contributed by atoms with van der Waals surface area (Å²) in [5, 5.41) is 10.3. The molecule has 1 fully saturated rings. The number of carbonyl (C=O) groups excluding carboxylic acids is 6. The zero-order valence-corrected chi connectivity index (χ0v) is 27.2. The van der Waals surface area contributed by atoms with Gasteiger partial charge in [-0.3, -0.25) is 33.7 Å². The van der Waals surface area contributed by atoms with Crippen LogP contribution in [0.2, 0.25) is 0 Å². The molecule has 0 aliphatic carbocycles. The van der Waals surface area contributed by atoms with Gasteiger partial charge < -0.3 is 26.2 Å². The van der Waals surface area contributed by atoms with E-state index in [9.17, 15) is 28.8 Å². The number of piperazine rings is 1. The van der Waals surface area contributed by atoms with Crippen LogP contribution in [-0.4, -0.2) is 102 Å². The molecule has 1 saturated heterocycles. The summed E-state index contributed by atoms with van der Waals surface area (Å²) in [5.41, 5.74) is 1.19. The number of benzene rings is 2. The van der Waals surface area contributed by atoms with E-state index >= 15 is 0 Å². The minimum atomic E-state index is -1.19. The van der Waals surface area contributed by atoms with E-state index in [1.807, 2.05) is 30.3 Å². The molecule has 248 valence electrons. The monoisotopic (exact) mass is 634 g/mol. The highest BCUT2D eigenvalue weighted by atomic mass is 16.2. The van der Waals surface area contributed by atoms with Crippen LogP contribution in [0.4, 0.5) is 0 Å². The molecule has 5 amide bonds. The van der Waals surface area contributed by atoms with E-state index in [2.05, 4.69) is 40.0 Å². The summed E-state index contributed by atoms with van der Waals surface area (Å²) in [6, 6.07) is 14.7. The maximum absolute atomic E-state index is 13.3. The number of carbonyl (C=O) groups is 6. The second-order valence-corrected chi connectivity index (χ2v) is 12.1. The first-order valence-corrected chi connectivity index (χ1v) is 15.7. The highest BCUT2D eigenvalue weighted by molar-refractivity contribution is 6.38. The lowest BCUT2D eigenvalue weighted by Crippen LogP contribution is -2.57. The Hall–Kier alpha value is -4.58. The minimum Gasteiger partial charge on any atom is -0.344 e. The van der Waals surface area contributed by atoms with Gasteiger partial charge in [-0.05, 0) is 44.4 Å². The van der Waals surface area contributed by atoms with Gasteiger partial charge in [0, 0.05) is 44.2 Å². The van der Waals surface area contributed by atoms with E-state index in [4.69, 9.17) is 0 Å². The van der Waals surface area contributed by atoms with E-state index in [1.165, 1.54) is 6.92 Å². The van der Waals surface area contributed by atoms with Gasteiger partial charge >= 0.3 is 0 Å². The molecule has 0 aromatic heterocycles. The van der Waals surface area contributed by atoms with Crippen molar-refractivity contribution in [2.24, 2.45) is 5.92 Å². The van der Waals surface area contributed by atoms with Crippen molar-refractivity contribution in [3.05, 3.63) is 71.8 Å². The molecule has 4 N–H and O–H groups in total. The molecule has 2 aromatic rings. The predicted octanol–water partition coefficient (Wildman–Crippen LogP) is 0.911. The van der Waals surface area contributed by atoms with Gasteiger partial charge in [0.25, 0.3) is 11.8 Å². The van der Waals surface area contributed by atoms with Crippen LogP contribution >= 0.6 is 0 Å². The van der Waals surface area contributed by atoms with Crippen LogP contribution in [0.25, 0.3) is 0 Å². The Labute approximate surface area is 270 Å². The van der Waals surface area contributed by atoms with E-state index in [0.29, 0.717) is 24.7 Å². The van der Waals surface area contributed by atoms with Gasteiger partial charge in [-0.25, -0.2) is 0 Å². The van der Waals surface area contributed by atoms with Crippen LogP contribution in [0.15, 0.2) is 60.7 Å². The summed E-state index contributed by atoms with van der Waals surface area (Å²) < 4.78 is 0. The quantitative estimate of drug-likeness (QED) is 0.225. The Morgan fingerprint density at radius 3 is 1.87 bits per heavy atom. The Bertz CT molecular complexity index is 1360. The third-order valence-electron chi connectivity index (χ3n) is 7.96. The van der Waals surface area contributed by atoms with Gasteiger partial charge in [0.1, 0.15) is 12.1 Å². The summed E-state index contributed by atoms with van der Waals surface area (Å²) in [6.07, 6.45) is 0.180. The average molecular weight is 635 g/mol. The number of nitrogens with zero attached hydrogens (tertiary/aromatic N) is 2. The zero-order valence-electron chi connectivity index (χ0n) is 27.2. The van der Waals surface area contributed by atoms with Crippen LogP contribution < -0.4 is 21.3 Å². The third kappa shape index (κ3) is 10.5. The molecule has 3 unspecified atom stereocenters. The van der Waals surface area contributed by atoms with Crippen molar-refractivity contribution >= 4 is 35.3 Å². The first-order valence-electron chi connectivity index (χ1n) is 15.7. The van der Waals surface area contributed by atoms with Crippen LogP contribution in [0.1, 0.15) is 50.5 Å². The van der Waals surface area contributed by atoms with Gasteiger partial charge in [-0.15, -0.1) is 0 Å². The number of hydrogen-bond donors (Lipinski definition) is 4. The van der Waals surface area contributed by atoms with Crippen molar-refractivity contribution in [2.75, 3.05) is 32.7 Å². The standard InChI is InChI=1S/C34H46N6O6/c1-22(2)29(30(42)34(46)35-21-28(41)40-18-16-39(17-19-40)23(3)4)38-31(43)24(5)36-33(45)27(20-25-12-8-6-9-13-25)37-32(44)26-14-10-7-11-15-26/h6-15,22-24,27,29H,16-21H2,1-5H3,(H,35,46)(H,36,45)(H,37,44)(H,38,43). The number of hydrogen-bond acceptors (Lipinski definition) is 7. The van der Waals surface area contributed by atoms with E-state index in [0.717, 1.165) is 18.7 Å². The molecule has 0 radical (unpaired) electrons. The summed E-state index contributed by atoms with van der Waals surface area (Å²) in [7, 11) is 0. The second kappa shape index (κ2) is 17.2. The van der Waals surface area contributed by atoms with Gasteiger partial charge in [0.15, 0.2) is 0 Å². The molecule has 3 atom stereocenters. The van der Waals surface area contributed by atoms with Crippen LogP contribution in [0.3, 0.4) is 0 Å². The number of amides is 5. The average Bonchev–Trinajstić information content (AvgIpc) is 3.05. The van der Waals surface area contributed by atoms with Crippen LogP contribution in [0, 0.1) is 5.92 Å². The highest BCUT2D eigenvalue weighted by Gasteiger charge is 2.33. The van der Waals surface area contributed by atoms with Crippen LogP contribution in [-0.2, 0) is 30.4 Å². The van der Waals surface area contributed by atoms with Crippen molar-refractivity contribution in [1.82, 2.24) is 31.1 Å². The molecule has 12 heteroatoms.